The zero-order valence-corrected chi connectivity index (χ0v) is 12.5. The van der Waals surface area contributed by atoms with E-state index in [9.17, 15) is 9.00 Å². The molecule has 1 aliphatic rings. The van der Waals surface area contributed by atoms with Gasteiger partial charge in [0.2, 0.25) is 0 Å². The molecule has 1 N–H and O–H groups in total. The van der Waals surface area contributed by atoms with E-state index >= 15 is 0 Å². The summed E-state index contributed by atoms with van der Waals surface area (Å²) in [5, 5.41) is 4.12. The van der Waals surface area contributed by atoms with Gasteiger partial charge >= 0.3 is 0 Å². The van der Waals surface area contributed by atoms with E-state index in [1.807, 2.05) is 0 Å². The second kappa shape index (κ2) is 5.71. The molecule has 2 aromatic rings. The summed E-state index contributed by atoms with van der Waals surface area (Å²) in [6, 6.07) is 4.69. The van der Waals surface area contributed by atoms with Crippen LogP contribution in [0.1, 0.15) is 46.0 Å². The first kappa shape index (κ1) is 14.4. The zero-order chi connectivity index (χ0) is 15.0. The molecule has 0 spiro atoms. The topological polar surface area (TPSA) is 80.4 Å². The van der Waals surface area contributed by atoms with Crippen LogP contribution in [0.3, 0.4) is 0 Å². The molecule has 1 aromatic heterocycles. The first-order valence-corrected chi connectivity index (χ1v) is 8.07. The predicted molar refractivity (Wildman–Crippen MR) is 77.8 cm³/mol. The van der Waals surface area contributed by atoms with Crippen LogP contribution in [-0.4, -0.2) is 19.7 Å². The van der Waals surface area contributed by atoms with Crippen molar-refractivity contribution in [3.8, 4) is 0 Å². The summed E-state index contributed by atoms with van der Waals surface area (Å²) in [4.78, 5) is 12.7. The smallest absolute Gasteiger partial charge is 0.198 e. The maximum atomic E-state index is 12.7. The molecule has 1 fully saturated rings. The van der Waals surface area contributed by atoms with Crippen molar-refractivity contribution < 1.29 is 18.1 Å². The largest absolute Gasteiger partial charge is 0.360 e. The Bertz CT molecular complexity index is 724. The Labute approximate surface area is 128 Å². The molecule has 5 nitrogen and oxygen atoms in total. The van der Waals surface area contributed by atoms with Gasteiger partial charge in [-0.3, -0.25) is 4.79 Å². The third-order valence-electron chi connectivity index (χ3n) is 3.38. The average Bonchev–Trinajstić information content (AvgIpc) is 3.15. The Morgan fingerprint density at radius 3 is 2.86 bits per heavy atom. The van der Waals surface area contributed by atoms with Gasteiger partial charge in [0.25, 0.3) is 0 Å². The molecule has 0 radical (unpaired) electrons. The predicted octanol–water partition coefficient (Wildman–Crippen LogP) is 3.16. The lowest BCUT2D eigenvalue weighted by Crippen LogP contribution is -2.08. The Hall–Kier alpha value is -1.50. The summed E-state index contributed by atoms with van der Waals surface area (Å²) in [6.45, 7) is 0. The molecule has 1 heterocycles. The van der Waals surface area contributed by atoms with E-state index in [0.717, 1.165) is 12.8 Å². The number of halogens is 1. The van der Waals surface area contributed by atoms with E-state index in [-0.39, 0.29) is 17.5 Å². The summed E-state index contributed by atoms with van der Waals surface area (Å²) in [5.41, 5.74) is 1.22. The molecule has 0 bridgehead atoms. The highest BCUT2D eigenvalue weighted by atomic mass is 35.5. The third kappa shape index (κ3) is 3.07. The van der Waals surface area contributed by atoms with Gasteiger partial charge in [-0.25, -0.2) is 4.21 Å². The van der Waals surface area contributed by atoms with Crippen LogP contribution in [0, 0.1) is 0 Å². The molecule has 1 saturated carbocycles. The number of ketones is 1. The van der Waals surface area contributed by atoms with Gasteiger partial charge in [-0.05, 0) is 36.6 Å². The number of rotatable bonds is 5. The first-order chi connectivity index (χ1) is 10.1. The quantitative estimate of drug-likeness (QED) is 0.674. The van der Waals surface area contributed by atoms with Gasteiger partial charge in [-0.15, -0.1) is 0 Å². The van der Waals surface area contributed by atoms with Gasteiger partial charge in [0, 0.05) is 16.5 Å². The molecule has 1 aliphatic carbocycles. The van der Waals surface area contributed by atoms with E-state index in [2.05, 4.69) is 5.16 Å². The van der Waals surface area contributed by atoms with Gasteiger partial charge in [0.1, 0.15) is 0 Å². The second-order valence-corrected chi connectivity index (χ2v) is 6.34. The van der Waals surface area contributed by atoms with Crippen molar-refractivity contribution in [2.75, 3.05) is 0 Å². The minimum absolute atomic E-state index is 0.147. The van der Waals surface area contributed by atoms with Crippen molar-refractivity contribution >= 4 is 28.5 Å². The Balaban J connectivity index is 2.00. The number of nitrogens with zero attached hydrogens (tertiary/aromatic N) is 1. The molecular formula is C14H12ClNO4S. The molecule has 3 rings (SSSR count). The Kier molecular flexibility index (Phi) is 3.93. The van der Waals surface area contributed by atoms with Crippen molar-refractivity contribution in [3.63, 3.8) is 0 Å². The monoisotopic (exact) mass is 325 g/mol. The van der Waals surface area contributed by atoms with Gasteiger partial charge in [-0.2, -0.15) is 0 Å². The van der Waals surface area contributed by atoms with Crippen molar-refractivity contribution in [2.24, 2.45) is 0 Å². The highest BCUT2D eigenvalue weighted by Crippen LogP contribution is 2.42. The first-order valence-electron chi connectivity index (χ1n) is 6.41. The van der Waals surface area contributed by atoms with Crippen LogP contribution in [0.4, 0.5) is 0 Å². The molecule has 21 heavy (non-hydrogen) atoms. The fraction of sp³-hybridized carbons (Fsp3) is 0.286. The van der Waals surface area contributed by atoms with E-state index in [1.165, 1.54) is 12.3 Å². The number of carbonyl (C=O) groups is 1. The minimum atomic E-state index is -2.05. The van der Waals surface area contributed by atoms with Crippen molar-refractivity contribution in [2.45, 2.75) is 24.5 Å². The Morgan fingerprint density at radius 2 is 2.19 bits per heavy atom. The van der Waals surface area contributed by atoms with Gasteiger partial charge in [0.15, 0.2) is 22.6 Å². The van der Waals surface area contributed by atoms with Crippen molar-refractivity contribution in [1.82, 2.24) is 5.16 Å². The molecule has 110 valence electrons. The van der Waals surface area contributed by atoms with Crippen LogP contribution in [-0.2, 0) is 16.8 Å². The Morgan fingerprint density at radius 1 is 1.43 bits per heavy atom. The van der Waals surface area contributed by atoms with Crippen molar-refractivity contribution in [3.05, 3.63) is 51.9 Å². The second-order valence-electron chi connectivity index (χ2n) is 4.97. The molecule has 0 amide bonds. The summed E-state index contributed by atoms with van der Waals surface area (Å²) in [7, 11) is 0. The van der Waals surface area contributed by atoms with Crippen LogP contribution in [0.5, 0.6) is 0 Å². The van der Waals surface area contributed by atoms with Gasteiger partial charge < -0.3 is 9.08 Å². The lowest BCUT2D eigenvalue weighted by atomic mass is 9.98. The lowest BCUT2D eigenvalue weighted by Gasteiger charge is -2.07. The van der Waals surface area contributed by atoms with Crippen LogP contribution >= 0.6 is 11.6 Å². The normalized spacial score (nSPS) is 15.9. The van der Waals surface area contributed by atoms with E-state index in [4.69, 9.17) is 20.7 Å². The highest BCUT2D eigenvalue weighted by molar-refractivity contribution is 7.78. The molecular weight excluding hydrogens is 314 g/mol. The molecule has 1 aromatic carbocycles. The highest BCUT2D eigenvalue weighted by Gasteiger charge is 2.33. The molecule has 7 heteroatoms. The standard InChI is InChI=1S/C14H12ClNO4S/c15-10-3-4-11(9(5-10)7-21(18)19)13(17)12-6-16-20-14(12)8-1-2-8/h3-6,8H,1-2,7H2,(H,18,19). The van der Waals surface area contributed by atoms with Gasteiger partial charge in [-0.1, -0.05) is 16.8 Å². The zero-order valence-electron chi connectivity index (χ0n) is 10.9. The fourth-order valence-electron chi connectivity index (χ4n) is 2.24. The molecule has 0 aliphatic heterocycles. The third-order valence-corrected chi connectivity index (χ3v) is 4.18. The average molecular weight is 326 g/mol. The number of benzene rings is 1. The minimum Gasteiger partial charge on any atom is -0.360 e. The van der Waals surface area contributed by atoms with Crippen LogP contribution in [0.25, 0.3) is 0 Å². The van der Waals surface area contributed by atoms with Crippen LogP contribution in [0.2, 0.25) is 5.02 Å². The van der Waals surface area contributed by atoms with Crippen molar-refractivity contribution in [1.29, 1.82) is 0 Å². The number of hydrogen-bond acceptors (Lipinski definition) is 4. The fourth-order valence-corrected chi connectivity index (χ4v) is 2.94. The molecule has 1 unspecified atom stereocenters. The van der Waals surface area contributed by atoms with Gasteiger partial charge in [0.05, 0.1) is 17.5 Å². The number of hydrogen-bond donors (Lipinski definition) is 1. The number of carbonyl (C=O) groups excluding carboxylic acids is 1. The van der Waals surface area contributed by atoms with E-state index in [0.29, 0.717) is 27.5 Å². The SMILES string of the molecule is O=C(c1ccc(Cl)cc1CS(=O)O)c1cnoc1C1CC1. The summed E-state index contributed by atoms with van der Waals surface area (Å²) in [6.07, 6.45) is 3.39. The summed E-state index contributed by atoms with van der Waals surface area (Å²) < 4.78 is 25.3. The van der Waals surface area contributed by atoms with Crippen LogP contribution < -0.4 is 0 Å². The number of aromatic nitrogens is 1. The van der Waals surface area contributed by atoms with E-state index in [1.54, 1.807) is 12.1 Å². The summed E-state index contributed by atoms with van der Waals surface area (Å²) >= 11 is 3.85. The van der Waals surface area contributed by atoms with E-state index < -0.39 is 11.1 Å². The lowest BCUT2D eigenvalue weighted by molar-refractivity contribution is 0.103. The molecule has 1 atom stereocenters. The van der Waals surface area contributed by atoms with Crippen LogP contribution in [0.15, 0.2) is 28.9 Å². The molecule has 0 saturated heterocycles. The summed E-state index contributed by atoms with van der Waals surface area (Å²) in [5.74, 6) is 0.460. The maximum Gasteiger partial charge on any atom is 0.198 e. The maximum absolute atomic E-state index is 12.7.